The van der Waals surface area contributed by atoms with Gasteiger partial charge >= 0.3 is 0 Å². The monoisotopic (exact) mass is 423 g/mol. The van der Waals surface area contributed by atoms with Crippen molar-refractivity contribution in [2.45, 2.75) is 70.5 Å². The van der Waals surface area contributed by atoms with Crippen LogP contribution in [0, 0.1) is 5.53 Å². The van der Waals surface area contributed by atoms with Crippen LogP contribution < -0.4 is 10.6 Å². The summed E-state index contributed by atoms with van der Waals surface area (Å²) >= 11 is 0. The molecule has 0 amide bonds. The maximum atomic E-state index is 10.5. The quantitative estimate of drug-likeness (QED) is 0.281. The first-order chi connectivity index (χ1) is 14.6. The number of aryl methyl sites for hydroxylation is 1. The zero-order valence-electron chi connectivity index (χ0n) is 18.3. The predicted octanol–water partition coefficient (Wildman–Crippen LogP) is 4.36. The Bertz CT molecular complexity index is 1050. The number of aromatic hydroxyl groups is 1. The lowest BCUT2D eigenvalue weighted by molar-refractivity contribution is 0.170. The Balaban J connectivity index is 1.63. The lowest BCUT2D eigenvalue weighted by atomic mass is 9.79. The molecular weight excluding hydrogens is 394 g/mol. The molecule has 2 aliphatic rings. The minimum atomic E-state index is -0.0298. The number of aromatic nitrogens is 2. The van der Waals surface area contributed by atoms with Crippen LogP contribution >= 0.6 is 0 Å². The minimum Gasteiger partial charge on any atom is -0.507 e. The molecule has 1 fully saturated rings. The Labute approximate surface area is 181 Å². The van der Waals surface area contributed by atoms with Crippen molar-refractivity contribution >= 4 is 17.2 Å². The number of fused-ring (bicyclic) bond motifs is 1. The first-order valence-electron chi connectivity index (χ1n) is 10.5. The van der Waals surface area contributed by atoms with Crippen LogP contribution in [0.1, 0.15) is 58.1 Å². The van der Waals surface area contributed by atoms with Gasteiger partial charge in [0, 0.05) is 28.2 Å². The van der Waals surface area contributed by atoms with Crippen molar-refractivity contribution in [3.8, 4) is 17.0 Å². The van der Waals surface area contributed by atoms with Gasteiger partial charge in [-0.05, 0) is 77.1 Å². The van der Waals surface area contributed by atoms with E-state index in [1.54, 1.807) is 12.1 Å². The molecule has 0 radical (unpaired) electrons. The smallest absolute Gasteiger partial charge is 0.176 e. The van der Waals surface area contributed by atoms with Gasteiger partial charge in [0.1, 0.15) is 11.4 Å². The van der Waals surface area contributed by atoms with E-state index in [4.69, 9.17) is 10.7 Å². The second-order valence-corrected chi connectivity index (χ2v) is 9.79. The fraction of sp³-hybridized carbons (Fsp3) is 0.500. The number of phenols is 1. The lowest BCUT2D eigenvalue weighted by Crippen LogP contribution is -2.60. The van der Waals surface area contributed by atoms with E-state index < -0.39 is 0 Å². The average Bonchev–Trinajstić information content (AvgIpc) is 3.07. The molecule has 0 saturated carbocycles. The van der Waals surface area contributed by atoms with Gasteiger partial charge in [-0.25, -0.2) is 5.53 Å². The molecule has 9 nitrogen and oxygen atoms in total. The van der Waals surface area contributed by atoms with E-state index in [9.17, 15) is 5.11 Å². The van der Waals surface area contributed by atoms with Gasteiger partial charge in [0.05, 0.1) is 11.4 Å². The molecule has 164 valence electrons. The molecule has 0 atom stereocenters. The number of phenolic OH excluding ortho intramolecular Hbond substituents is 1. The number of piperidine rings is 1. The van der Waals surface area contributed by atoms with Crippen LogP contribution in [0.2, 0.25) is 0 Å². The molecule has 1 aliphatic carbocycles. The molecule has 4 rings (SSSR count). The molecule has 0 spiro atoms. The standard InChI is InChI=1S/C22H29N7O2/c1-21(2)10-13(11-22(3,4)29-21)24-20-18(25-23)9-17(26-27-20)15-7-12-5-6-16(28-31)14(12)8-19(15)30/h7-9,13,23,29-31H,5-6,10-11H2,1-4H3,(H,24,27)/b25-23?,28-16+. The van der Waals surface area contributed by atoms with Gasteiger partial charge in [-0.2, -0.15) is 5.11 Å². The Kier molecular flexibility index (Phi) is 5.17. The van der Waals surface area contributed by atoms with Crippen LogP contribution in [0.3, 0.4) is 0 Å². The molecule has 1 aliphatic heterocycles. The second-order valence-electron chi connectivity index (χ2n) is 9.79. The molecule has 2 heterocycles. The lowest BCUT2D eigenvalue weighted by Gasteiger charge is -2.46. The largest absolute Gasteiger partial charge is 0.507 e. The topological polar surface area (TPSA) is 139 Å². The van der Waals surface area contributed by atoms with Gasteiger partial charge in [-0.3, -0.25) is 0 Å². The van der Waals surface area contributed by atoms with Crippen molar-refractivity contribution in [2.75, 3.05) is 5.32 Å². The van der Waals surface area contributed by atoms with Crippen molar-refractivity contribution in [3.05, 3.63) is 29.3 Å². The van der Waals surface area contributed by atoms with Gasteiger partial charge in [-0.1, -0.05) is 5.16 Å². The summed E-state index contributed by atoms with van der Waals surface area (Å²) in [6, 6.07) is 5.26. The molecule has 0 bridgehead atoms. The van der Waals surface area contributed by atoms with E-state index in [0.29, 0.717) is 34.9 Å². The number of benzene rings is 1. The van der Waals surface area contributed by atoms with Crippen molar-refractivity contribution < 1.29 is 10.3 Å². The number of rotatable bonds is 4. The summed E-state index contributed by atoms with van der Waals surface area (Å²) in [6.07, 6.45) is 3.15. The van der Waals surface area contributed by atoms with Gasteiger partial charge < -0.3 is 20.9 Å². The molecule has 0 unspecified atom stereocenters. The van der Waals surface area contributed by atoms with Crippen LogP contribution in [0.5, 0.6) is 5.75 Å². The van der Waals surface area contributed by atoms with E-state index in [1.165, 1.54) is 0 Å². The fourth-order valence-electron chi connectivity index (χ4n) is 5.12. The summed E-state index contributed by atoms with van der Waals surface area (Å²) < 4.78 is 0. The predicted molar refractivity (Wildman–Crippen MR) is 119 cm³/mol. The van der Waals surface area contributed by atoms with E-state index in [2.05, 4.69) is 58.8 Å². The van der Waals surface area contributed by atoms with E-state index in [1.807, 2.05) is 6.07 Å². The summed E-state index contributed by atoms with van der Waals surface area (Å²) in [5.74, 6) is 0.488. The highest BCUT2D eigenvalue weighted by atomic mass is 16.4. The zero-order valence-corrected chi connectivity index (χ0v) is 18.3. The summed E-state index contributed by atoms with van der Waals surface area (Å²) in [7, 11) is 0. The summed E-state index contributed by atoms with van der Waals surface area (Å²) in [5.41, 5.74) is 11.2. The normalized spacial score (nSPS) is 21.1. The van der Waals surface area contributed by atoms with Crippen LogP contribution in [0.15, 0.2) is 28.5 Å². The molecule has 1 saturated heterocycles. The Morgan fingerprint density at radius 1 is 1.06 bits per heavy atom. The number of nitrogens with one attached hydrogen (secondary N) is 3. The van der Waals surface area contributed by atoms with Crippen molar-refractivity contribution in [3.63, 3.8) is 0 Å². The van der Waals surface area contributed by atoms with Crippen LogP contribution in [-0.4, -0.2) is 43.3 Å². The van der Waals surface area contributed by atoms with Gasteiger partial charge in [-0.15, -0.1) is 10.2 Å². The number of hydrogen-bond donors (Lipinski definition) is 5. The molecule has 31 heavy (non-hydrogen) atoms. The van der Waals surface area contributed by atoms with Crippen molar-refractivity contribution in [2.24, 2.45) is 10.3 Å². The highest BCUT2D eigenvalue weighted by Crippen LogP contribution is 2.38. The molecule has 1 aromatic heterocycles. The summed E-state index contributed by atoms with van der Waals surface area (Å²) in [4.78, 5) is 0. The third kappa shape index (κ3) is 4.23. The van der Waals surface area contributed by atoms with E-state index in [0.717, 1.165) is 30.4 Å². The molecule has 2 aromatic rings. The average molecular weight is 424 g/mol. The maximum absolute atomic E-state index is 10.5. The van der Waals surface area contributed by atoms with E-state index in [-0.39, 0.29) is 22.9 Å². The SMILES string of the molecule is CC1(C)CC(Nc2nnc(-c3cc4c(cc3O)/C(=N/O)CC4)cc2N=N)CC(C)(C)N1. The zero-order chi connectivity index (χ0) is 22.4. The van der Waals surface area contributed by atoms with E-state index >= 15 is 0 Å². The van der Waals surface area contributed by atoms with Crippen LogP contribution in [0.25, 0.3) is 11.3 Å². The van der Waals surface area contributed by atoms with Gasteiger partial charge in [0.15, 0.2) is 5.82 Å². The molecule has 9 heteroatoms. The van der Waals surface area contributed by atoms with Crippen molar-refractivity contribution in [1.82, 2.24) is 15.5 Å². The fourth-order valence-corrected chi connectivity index (χ4v) is 5.12. The van der Waals surface area contributed by atoms with Crippen LogP contribution in [0.4, 0.5) is 11.5 Å². The minimum absolute atomic E-state index is 0.0228. The number of nitrogens with zero attached hydrogens (tertiary/aromatic N) is 4. The Hall–Kier alpha value is -3.07. The molecule has 5 N–H and O–H groups in total. The highest BCUT2D eigenvalue weighted by molar-refractivity contribution is 6.05. The first kappa shape index (κ1) is 21.2. The first-order valence-corrected chi connectivity index (χ1v) is 10.5. The number of anilines is 1. The Morgan fingerprint density at radius 2 is 1.77 bits per heavy atom. The molecular formula is C22H29N7O2. The summed E-state index contributed by atoms with van der Waals surface area (Å²) in [5, 5.41) is 42.3. The van der Waals surface area contributed by atoms with Crippen molar-refractivity contribution in [1.29, 1.82) is 5.53 Å². The van der Waals surface area contributed by atoms with Crippen LogP contribution in [-0.2, 0) is 6.42 Å². The number of hydrogen-bond acceptors (Lipinski definition) is 9. The maximum Gasteiger partial charge on any atom is 0.176 e. The highest BCUT2D eigenvalue weighted by Gasteiger charge is 2.38. The Morgan fingerprint density at radius 3 is 2.42 bits per heavy atom. The summed E-state index contributed by atoms with van der Waals surface area (Å²) in [6.45, 7) is 8.71. The molecule has 1 aromatic carbocycles. The third-order valence-electron chi connectivity index (χ3n) is 5.99. The number of oxime groups is 1. The second kappa shape index (κ2) is 7.56. The van der Waals surface area contributed by atoms with Gasteiger partial charge in [0.2, 0.25) is 0 Å². The third-order valence-corrected chi connectivity index (χ3v) is 5.99. The van der Waals surface area contributed by atoms with Gasteiger partial charge in [0.25, 0.3) is 0 Å².